The molecular formula is C16H28FN3. The minimum atomic E-state index is -0.117. The Kier molecular flexibility index (Phi) is 8.42. The predicted molar refractivity (Wildman–Crippen MR) is 83.4 cm³/mol. The van der Waals surface area contributed by atoms with Crippen LogP contribution in [-0.4, -0.2) is 56.1 Å². The van der Waals surface area contributed by atoms with Gasteiger partial charge in [0, 0.05) is 38.3 Å². The van der Waals surface area contributed by atoms with Crippen molar-refractivity contribution >= 4 is 0 Å². The Hall–Kier alpha value is -0.970. The summed E-state index contributed by atoms with van der Waals surface area (Å²) in [5.41, 5.74) is 0.762. The van der Waals surface area contributed by atoms with Crippen LogP contribution in [0, 0.1) is 5.82 Å². The number of nitrogens with zero attached hydrogens (tertiary/aromatic N) is 2. The molecule has 0 aliphatic rings. The van der Waals surface area contributed by atoms with Crippen molar-refractivity contribution in [2.75, 3.05) is 46.3 Å². The SMILES string of the molecule is CCN(CC)CCNCCN(C)Cc1ccccc1F. The minimum Gasteiger partial charge on any atom is -0.314 e. The second kappa shape index (κ2) is 9.86. The van der Waals surface area contributed by atoms with Gasteiger partial charge in [0.1, 0.15) is 5.82 Å². The summed E-state index contributed by atoms with van der Waals surface area (Å²) in [5.74, 6) is -0.117. The summed E-state index contributed by atoms with van der Waals surface area (Å²) >= 11 is 0. The standard InChI is InChI=1S/C16H28FN3/c1-4-20(5-2)13-11-18-10-12-19(3)14-15-8-6-7-9-16(15)17/h6-9,18H,4-5,10-14H2,1-3H3. The average molecular weight is 281 g/mol. The van der Waals surface area contributed by atoms with E-state index in [1.165, 1.54) is 6.07 Å². The summed E-state index contributed by atoms with van der Waals surface area (Å²) in [6.45, 7) is 11.2. The normalized spacial score (nSPS) is 11.5. The monoisotopic (exact) mass is 281 g/mol. The molecule has 0 saturated heterocycles. The quantitative estimate of drug-likeness (QED) is 0.663. The third kappa shape index (κ3) is 6.46. The lowest BCUT2D eigenvalue weighted by atomic mass is 10.2. The maximum absolute atomic E-state index is 13.5. The first kappa shape index (κ1) is 17.1. The molecule has 1 aromatic rings. The van der Waals surface area contributed by atoms with Crippen molar-refractivity contribution in [1.82, 2.24) is 15.1 Å². The van der Waals surface area contributed by atoms with Crippen LogP contribution in [-0.2, 0) is 6.54 Å². The number of hydrogen-bond donors (Lipinski definition) is 1. The fourth-order valence-electron chi connectivity index (χ4n) is 2.17. The van der Waals surface area contributed by atoms with E-state index in [0.717, 1.165) is 44.8 Å². The van der Waals surface area contributed by atoms with Crippen LogP contribution in [0.5, 0.6) is 0 Å². The fraction of sp³-hybridized carbons (Fsp3) is 0.625. The summed E-state index contributed by atoms with van der Waals surface area (Å²) in [6.07, 6.45) is 0. The first-order valence-corrected chi connectivity index (χ1v) is 7.52. The van der Waals surface area contributed by atoms with E-state index in [9.17, 15) is 4.39 Å². The zero-order valence-electron chi connectivity index (χ0n) is 13.0. The highest BCUT2D eigenvalue weighted by atomic mass is 19.1. The molecule has 0 atom stereocenters. The molecule has 1 aromatic carbocycles. The Morgan fingerprint density at radius 1 is 1.05 bits per heavy atom. The predicted octanol–water partition coefficient (Wildman–Crippen LogP) is 2.19. The van der Waals surface area contributed by atoms with Gasteiger partial charge in [0.05, 0.1) is 0 Å². The molecule has 0 fully saturated rings. The van der Waals surface area contributed by atoms with Gasteiger partial charge in [-0.1, -0.05) is 32.0 Å². The Labute approximate surface area is 122 Å². The van der Waals surface area contributed by atoms with Gasteiger partial charge in [-0.05, 0) is 26.2 Å². The zero-order chi connectivity index (χ0) is 14.8. The van der Waals surface area contributed by atoms with E-state index >= 15 is 0 Å². The van der Waals surface area contributed by atoms with Gasteiger partial charge in [-0.3, -0.25) is 0 Å². The number of likely N-dealkylation sites (N-methyl/N-ethyl adjacent to an activating group) is 2. The Morgan fingerprint density at radius 3 is 2.35 bits per heavy atom. The molecule has 1 N–H and O–H groups in total. The highest BCUT2D eigenvalue weighted by Crippen LogP contribution is 2.08. The molecule has 0 radical (unpaired) electrons. The third-order valence-corrected chi connectivity index (χ3v) is 3.57. The molecule has 0 heterocycles. The zero-order valence-corrected chi connectivity index (χ0v) is 13.0. The van der Waals surface area contributed by atoms with Gasteiger partial charge in [0.2, 0.25) is 0 Å². The van der Waals surface area contributed by atoms with E-state index in [-0.39, 0.29) is 5.82 Å². The molecule has 4 heteroatoms. The number of hydrogen-bond acceptors (Lipinski definition) is 3. The Bertz CT molecular complexity index is 366. The molecule has 0 unspecified atom stereocenters. The number of rotatable bonds is 10. The van der Waals surface area contributed by atoms with Crippen LogP contribution in [0.3, 0.4) is 0 Å². The van der Waals surface area contributed by atoms with Gasteiger partial charge in [-0.2, -0.15) is 0 Å². The van der Waals surface area contributed by atoms with Crippen molar-refractivity contribution in [2.45, 2.75) is 20.4 Å². The second-order valence-corrected chi connectivity index (χ2v) is 5.11. The van der Waals surface area contributed by atoms with Crippen LogP contribution < -0.4 is 5.32 Å². The van der Waals surface area contributed by atoms with Crippen LogP contribution in [0.15, 0.2) is 24.3 Å². The molecule has 3 nitrogen and oxygen atoms in total. The van der Waals surface area contributed by atoms with Gasteiger partial charge >= 0.3 is 0 Å². The highest BCUT2D eigenvalue weighted by Gasteiger charge is 2.04. The van der Waals surface area contributed by atoms with E-state index in [2.05, 4.69) is 29.0 Å². The van der Waals surface area contributed by atoms with Crippen molar-refractivity contribution in [3.05, 3.63) is 35.6 Å². The molecule has 114 valence electrons. The van der Waals surface area contributed by atoms with Gasteiger partial charge in [-0.25, -0.2) is 4.39 Å². The Morgan fingerprint density at radius 2 is 1.70 bits per heavy atom. The summed E-state index contributed by atoms with van der Waals surface area (Å²) in [6, 6.07) is 6.98. The van der Waals surface area contributed by atoms with Crippen LogP contribution in [0.1, 0.15) is 19.4 Å². The van der Waals surface area contributed by atoms with Crippen molar-refractivity contribution in [3.63, 3.8) is 0 Å². The van der Waals surface area contributed by atoms with Crippen LogP contribution in [0.2, 0.25) is 0 Å². The van der Waals surface area contributed by atoms with Crippen molar-refractivity contribution < 1.29 is 4.39 Å². The van der Waals surface area contributed by atoms with Gasteiger partial charge < -0.3 is 15.1 Å². The second-order valence-electron chi connectivity index (χ2n) is 5.11. The number of benzene rings is 1. The van der Waals surface area contributed by atoms with E-state index in [1.807, 2.05) is 19.2 Å². The fourth-order valence-corrected chi connectivity index (χ4v) is 2.17. The Balaban J connectivity index is 2.14. The van der Waals surface area contributed by atoms with Crippen LogP contribution in [0.4, 0.5) is 4.39 Å². The lowest BCUT2D eigenvalue weighted by Gasteiger charge is -2.20. The molecule has 0 bridgehead atoms. The largest absolute Gasteiger partial charge is 0.314 e. The number of halogens is 1. The maximum Gasteiger partial charge on any atom is 0.127 e. The number of nitrogens with one attached hydrogen (secondary N) is 1. The average Bonchev–Trinajstić information content (AvgIpc) is 2.45. The van der Waals surface area contributed by atoms with Crippen LogP contribution >= 0.6 is 0 Å². The first-order chi connectivity index (χ1) is 9.67. The summed E-state index contributed by atoms with van der Waals surface area (Å²) in [4.78, 5) is 4.54. The van der Waals surface area contributed by atoms with Gasteiger partial charge in [-0.15, -0.1) is 0 Å². The minimum absolute atomic E-state index is 0.117. The van der Waals surface area contributed by atoms with Crippen molar-refractivity contribution in [2.24, 2.45) is 0 Å². The highest BCUT2D eigenvalue weighted by molar-refractivity contribution is 5.16. The van der Waals surface area contributed by atoms with Gasteiger partial charge in [0.25, 0.3) is 0 Å². The van der Waals surface area contributed by atoms with E-state index < -0.39 is 0 Å². The molecular weight excluding hydrogens is 253 g/mol. The lowest BCUT2D eigenvalue weighted by molar-refractivity contribution is 0.289. The van der Waals surface area contributed by atoms with E-state index in [0.29, 0.717) is 6.54 Å². The van der Waals surface area contributed by atoms with Crippen molar-refractivity contribution in [3.8, 4) is 0 Å². The summed E-state index contributed by atoms with van der Waals surface area (Å²) in [5, 5.41) is 3.44. The third-order valence-electron chi connectivity index (χ3n) is 3.57. The van der Waals surface area contributed by atoms with Crippen LogP contribution in [0.25, 0.3) is 0 Å². The molecule has 0 aliphatic heterocycles. The molecule has 0 aromatic heterocycles. The smallest absolute Gasteiger partial charge is 0.127 e. The molecule has 0 amide bonds. The molecule has 0 spiro atoms. The molecule has 0 aliphatic carbocycles. The lowest BCUT2D eigenvalue weighted by Crippen LogP contribution is -2.35. The molecule has 1 rings (SSSR count). The first-order valence-electron chi connectivity index (χ1n) is 7.52. The van der Waals surface area contributed by atoms with E-state index in [1.54, 1.807) is 6.07 Å². The van der Waals surface area contributed by atoms with E-state index in [4.69, 9.17) is 0 Å². The summed E-state index contributed by atoms with van der Waals surface area (Å²) in [7, 11) is 2.03. The summed E-state index contributed by atoms with van der Waals surface area (Å²) < 4.78 is 13.5. The molecule has 20 heavy (non-hydrogen) atoms. The topological polar surface area (TPSA) is 18.5 Å². The van der Waals surface area contributed by atoms with Crippen molar-refractivity contribution in [1.29, 1.82) is 0 Å². The van der Waals surface area contributed by atoms with Gasteiger partial charge in [0.15, 0.2) is 0 Å². The molecule has 0 saturated carbocycles. The maximum atomic E-state index is 13.5.